The van der Waals surface area contributed by atoms with Gasteiger partial charge >= 0.3 is 0 Å². The lowest BCUT2D eigenvalue weighted by molar-refractivity contribution is 0.0929. The Bertz CT molecular complexity index is 971. The van der Waals surface area contributed by atoms with Crippen LogP contribution in [0, 0.1) is 11.7 Å². The predicted octanol–water partition coefficient (Wildman–Crippen LogP) is 3.64. The van der Waals surface area contributed by atoms with E-state index in [1.54, 1.807) is 60.7 Å². The van der Waals surface area contributed by atoms with Crippen LogP contribution in [0.1, 0.15) is 31.8 Å². The summed E-state index contributed by atoms with van der Waals surface area (Å²) >= 11 is 0. The Balaban J connectivity index is 1.69. The van der Waals surface area contributed by atoms with Crippen LogP contribution < -0.4 is 5.32 Å². The molecule has 0 aliphatic carbocycles. The molecular formula is C24H22FNO3. The van der Waals surface area contributed by atoms with E-state index in [1.807, 2.05) is 6.07 Å². The Labute approximate surface area is 169 Å². The summed E-state index contributed by atoms with van der Waals surface area (Å²) in [7, 11) is 0. The number of carbonyl (C=O) groups excluding carboxylic acids is 2. The molecule has 0 fully saturated rings. The van der Waals surface area contributed by atoms with Crippen molar-refractivity contribution in [3.8, 4) is 0 Å². The summed E-state index contributed by atoms with van der Waals surface area (Å²) in [4.78, 5) is 25.5. The Kier molecular flexibility index (Phi) is 6.87. The highest BCUT2D eigenvalue weighted by Crippen LogP contribution is 2.15. The van der Waals surface area contributed by atoms with Crippen LogP contribution in [0.25, 0.3) is 0 Å². The van der Waals surface area contributed by atoms with Gasteiger partial charge in [0.05, 0.1) is 5.56 Å². The van der Waals surface area contributed by atoms with Crippen molar-refractivity contribution >= 4 is 11.7 Å². The molecule has 3 aromatic rings. The lowest BCUT2D eigenvalue weighted by atomic mass is 9.97. The first-order valence-corrected chi connectivity index (χ1v) is 9.40. The fourth-order valence-electron chi connectivity index (χ4n) is 3.11. The van der Waals surface area contributed by atoms with E-state index in [-0.39, 0.29) is 36.6 Å². The van der Waals surface area contributed by atoms with Gasteiger partial charge in [-0.05, 0) is 30.2 Å². The number of nitrogens with one attached hydrogen (secondary N) is 1. The van der Waals surface area contributed by atoms with Crippen molar-refractivity contribution in [2.24, 2.45) is 5.92 Å². The van der Waals surface area contributed by atoms with E-state index in [1.165, 1.54) is 12.1 Å². The zero-order valence-electron chi connectivity index (χ0n) is 15.8. The molecule has 0 aliphatic heterocycles. The van der Waals surface area contributed by atoms with E-state index >= 15 is 0 Å². The SMILES string of the molecule is O=C(NC[C@@H](CO)Cc1ccc(F)cc1)c1ccccc1C(=O)c1ccccc1. The Morgan fingerprint density at radius 3 is 2.14 bits per heavy atom. The molecule has 3 aromatic carbocycles. The minimum Gasteiger partial charge on any atom is -0.396 e. The van der Waals surface area contributed by atoms with Crippen molar-refractivity contribution in [2.45, 2.75) is 6.42 Å². The summed E-state index contributed by atoms with van der Waals surface area (Å²) in [5.41, 5.74) is 2.01. The van der Waals surface area contributed by atoms with Gasteiger partial charge in [-0.2, -0.15) is 0 Å². The van der Waals surface area contributed by atoms with Gasteiger partial charge in [0, 0.05) is 30.2 Å². The van der Waals surface area contributed by atoms with Crippen LogP contribution in [-0.4, -0.2) is 29.9 Å². The molecule has 0 bridgehead atoms. The number of hydrogen-bond donors (Lipinski definition) is 2. The molecule has 0 radical (unpaired) electrons. The number of ketones is 1. The van der Waals surface area contributed by atoms with Crippen LogP contribution >= 0.6 is 0 Å². The van der Waals surface area contributed by atoms with Crippen LogP contribution in [0.3, 0.4) is 0 Å². The summed E-state index contributed by atoms with van der Waals surface area (Å²) in [5, 5.41) is 12.4. The largest absolute Gasteiger partial charge is 0.396 e. The van der Waals surface area contributed by atoms with Crippen molar-refractivity contribution < 1.29 is 19.1 Å². The van der Waals surface area contributed by atoms with Gasteiger partial charge in [0.2, 0.25) is 0 Å². The van der Waals surface area contributed by atoms with Gasteiger partial charge in [-0.1, -0.05) is 60.7 Å². The second kappa shape index (κ2) is 9.75. The average Bonchev–Trinajstić information content (AvgIpc) is 2.77. The summed E-state index contributed by atoms with van der Waals surface area (Å²) in [6.45, 7) is 0.114. The molecule has 3 rings (SSSR count). The van der Waals surface area contributed by atoms with Crippen LogP contribution in [0.4, 0.5) is 4.39 Å². The minimum atomic E-state index is -0.373. The van der Waals surface area contributed by atoms with Gasteiger partial charge in [0.25, 0.3) is 5.91 Å². The molecule has 0 saturated carbocycles. The van der Waals surface area contributed by atoms with Gasteiger partial charge in [-0.25, -0.2) is 4.39 Å². The quantitative estimate of drug-likeness (QED) is 0.576. The van der Waals surface area contributed by atoms with E-state index in [0.29, 0.717) is 23.1 Å². The number of aliphatic hydroxyl groups excluding tert-OH is 1. The highest BCUT2D eigenvalue weighted by molar-refractivity contribution is 6.15. The monoisotopic (exact) mass is 391 g/mol. The molecule has 0 spiro atoms. The molecule has 0 aromatic heterocycles. The third-order valence-electron chi connectivity index (χ3n) is 4.70. The topological polar surface area (TPSA) is 66.4 Å². The molecule has 1 amide bonds. The third-order valence-corrected chi connectivity index (χ3v) is 4.70. The van der Waals surface area contributed by atoms with Crippen molar-refractivity contribution in [2.75, 3.05) is 13.2 Å². The van der Waals surface area contributed by atoms with Gasteiger partial charge in [0.15, 0.2) is 5.78 Å². The summed E-state index contributed by atoms with van der Waals surface area (Å²) in [6.07, 6.45) is 0.502. The second-order valence-electron chi connectivity index (χ2n) is 6.83. The molecule has 0 heterocycles. The Morgan fingerprint density at radius 1 is 0.862 bits per heavy atom. The molecule has 1 atom stereocenters. The highest BCUT2D eigenvalue weighted by Gasteiger charge is 2.19. The van der Waals surface area contributed by atoms with E-state index in [0.717, 1.165) is 5.56 Å². The number of hydrogen-bond acceptors (Lipinski definition) is 3. The fraction of sp³-hybridized carbons (Fsp3) is 0.167. The lowest BCUT2D eigenvalue weighted by Crippen LogP contribution is -2.32. The van der Waals surface area contributed by atoms with Gasteiger partial charge in [0.1, 0.15) is 5.82 Å². The van der Waals surface area contributed by atoms with Crippen molar-refractivity contribution in [3.63, 3.8) is 0 Å². The van der Waals surface area contributed by atoms with E-state index in [9.17, 15) is 19.1 Å². The average molecular weight is 391 g/mol. The number of benzene rings is 3. The molecule has 148 valence electrons. The molecule has 2 N–H and O–H groups in total. The van der Waals surface area contributed by atoms with E-state index in [4.69, 9.17) is 0 Å². The second-order valence-corrected chi connectivity index (χ2v) is 6.83. The molecule has 4 nitrogen and oxygen atoms in total. The lowest BCUT2D eigenvalue weighted by Gasteiger charge is -2.16. The van der Waals surface area contributed by atoms with Crippen molar-refractivity contribution in [3.05, 3.63) is 107 Å². The van der Waals surface area contributed by atoms with Crippen molar-refractivity contribution in [1.29, 1.82) is 0 Å². The maximum Gasteiger partial charge on any atom is 0.252 e. The third kappa shape index (κ3) is 5.36. The van der Waals surface area contributed by atoms with E-state index in [2.05, 4.69) is 5.32 Å². The standard InChI is InChI=1S/C24H22FNO3/c25-20-12-10-17(11-13-20)14-18(16-27)15-26-24(29)22-9-5-4-8-21(22)23(28)19-6-2-1-3-7-19/h1-13,18,27H,14-16H2,(H,26,29)/t18-/m0/s1. The molecule has 29 heavy (non-hydrogen) atoms. The van der Waals surface area contributed by atoms with Crippen molar-refractivity contribution in [1.82, 2.24) is 5.32 Å². The van der Waals surface area contributed by atoms with Gasteiger partial charge < -0.3 is 10.4 Å². The maximum absolute atomic E-state index is 13.0. The number of rotatable bonds is 8. The maximum atomic E-state index is 13.0. The van der Waals surface area contributed by atoms with Gasteiger partial charge in [-0.3, -0.25) is 9.59 Å². The fourth-order valence-corrected chi connectivity index (χ4v) is 3.11. The first-order chi connectivity index (χ1) is 14.1. The van der Waals surface area contributed by atoms with Crippen LogP contribution in [-0.2, 0) is 6.42 Å². The molecule has 0 saturated heterocycles. The van der Waals surface area contributed by atoms with Crippen LogP contribution in [0.5, 0.6) is 0 Å². The Morgan fingerprint density at radius 2 is 1.48 bits per heavy atom. The number of aliphatic hydroxyl groups is 1. The smallest absolute Gasteiger partial charge is 0.252 e. The summed E-state index contributed by atoms with van der Waals surface area (Å²) in [6, 6.07) is 21.5. The zero-order chi connectivity index (χ0) is 20.6. The molecule has 0 unspecified atom stereocenters. The van der Waals surface area contributed by atoms with Crippen LogP contribution in [0.15, 0.2) is 78.9 Å². The summed E-state index contributed by atoms with van der Waals surface area (Å²) in [5.74, 6) is -1.13. The van der Waals surface area contributed by atoms with Crippen LogP contribution in [0.2, 0.25) is 0 Å². The number of carbonyl (C=O) groups is 2. The normalized spacial score (nSPS) is 11.7. The highest BCUT2D eigenvalue weighted by atomic mass is 19.1. The minimum absolute atomic E-state index is 0.123. The number of halogens is 1. The van der Waals surface area contributed by atoms with Gasteiger partial charge in [-0.15, -0.1) is 0 Å². The molecule has 5 heteroatoms. The zero-order valence-corrected chi connectivity index (χ0v) is 15.8. The first-order valence-electron chi connectivity index (χ1n) is 9.40. The predicted molar refractivity (Wildman–Crippen MR) is 109 cm³/mol. The molecular weight excluding hydrogens is 369 g/mol. The summed E-state index contributed by atoms with van der Waals surface area (Å²) < 4.78 is 13.0. The van der Waals surface area contributed by atoms with E-state index < -0.39 is 0 Å². The Hall–Kier alpha value is -3.31. The molecule has 0 aliphatic rings. The first kappa shape index (κ1) is 20.4. The number of amides is 1.